The summed E-state index contributed by atoms with van der Waals surface area (Å²) in [6.45, 7) is 2.24. The first-order chi connectivity index (χ1) is 8.47. The van der Waals surface area contributed by atoms with Gasteiger partial charge in [0.2, 0.25) is 11.8 Å². The average molecular weight is 254 g/mol. The van der Waals surface area contributed by atoms with E-state index < -0.39 is 6.04 Å². The molecule has 1 aliphatic carbocycles. The number of hydrogen-bond acceptors (Lipinski definition) is 4. The molecule has 1 heterocycles. The third-order valence-corrected chi connectivity index (χ3v) is 4.40. The van der Waals surface area contributed by atoms with Crippen molar-refractivity contribution in [2.24, 2.45) is 5.92 Å². The molecule has 102 valence electrons. The fourth-order valence-corrected chi connectivity index (χ4v) is 2.90. The number of rotatable bonds is 3. The lowest BCUT2D eigenvalue weighted by molar-refractivity contribution is -0.137. The van der Waals surface area contributed by atoms with E-state index in [2.05, 4.69) is 12.2 Å². The average Bonchev–Trinajstić information content (AvgIpc) is 2.60. The van der Waals surface area contributed by atoms with Crippen molar-refractivity contribution in [2.75, 3.05) is 13.7 Å². The van der Waals surface area contributed by atoms with Gasteiger partial charge in [-0.1, -0.05) is 6.92 Å². The minimum atomic E-state index is -0.456. The van der Waals surface area contributed by atoms with Gasteiger partial charge in [0.1, 0.15) is 0 Å². The molecule has 1 atom stereocenters. The molecule has 1 aliphatic heterocycles. The van der Waals surface area contributed by atoms with Crippen molar-refractivity contribution in [1.29, 1.82) is 0 Å². The fraction of sp³-hybridized carbons (Fsp3) is 0.846. The lowest BCUT2D eigenvalue weighted by Crippen LogP contribution is -2.56. The largest absolute Gasteiger partial charge is 0.394 e. The Kier molecular flexibility index (Phi) is 3.73. The molecule has 18 heavy (non-hydrogen) atoms. The maximum atomic E-state index is 11.9. The summed E-state index contributed by atoms with van der Waals surface area (Å²) >= 11 is 0. The molecule has 2 aliphatic rings. The van der Waals surface area contributed by atoms with Gasteiger partial charge in [0.15, 0.2) is 0 Å². The third-order valence-electron chi connectivity index (χ3n) is 4.40. The zero-order chi connectivity index (χ0) is 13.3. The molecule has 0 spiro atoms. The number of hydrogen-bond donors (Lipinski definition) is 2. The minimum Gasteiger partial charge on any atom is -0.394 e. The molecular weight excluding hydrogens is 232 g/mol. The van der Waals surface area contributed by atoms with E-state index in [9.17, 15) is 14.7 Å². The maximum absolute atomic E-state index is 11.9. The zero-order valence-corrected chi connectivity index (χ0v) is 11.1. The highest BCUT2D eigenvalue weighted by atomic mass is 16.3. The highest BCUT2D eigenvalue weighted by Crippen LogP contribution is 2.32. The Labute approximate surface area is 108 Å². The van der Waals surface area contributed by atoms with Gasteiger partial charge >= 0.3 is 0 Å². The van der Waals surface area contributed by atoms with Gasteiger partial charge in [-0.25, -0.2) is 0 Å². The molecule has 5 heteroatoms. The van der Waals surface area contributed by atoms with Gasteiger partial charge < -0.3 is 5.11 Å². The quantitative estimate of drug-likeness (QED) is 0.710. The second-order valence-electron chi connectivity index (χ2n) is 5.81. The third kappa shape index (κ3) is 2.42. The van der Waals surface area contributed by atoms with Crippen LogP contribution in [0.4, 0.5) is 0 Å². The van der Waals surface area contributed by atoms with Crippen LogP contribution in [0, 0.1) is 5.92 Å². The van der Waals surface area contributed by atoms with Gasteiger partial charge in [0.25, 0.3) is 0 Å². The van der Waals surface area contributed by atoms with E-state index >= 15 is 0 Å². The van der Waals surface area contributed by atoms with Gasteiger partial charge in [0, 0.05) is 12.6 Å². The van der Waals surface area contributed by atoms with E-state index in [0.717, 1.165) is 25.7 Å². The van der Waals surface area contributed by atoms with Crippen molar-refractivity contribution in [3.63, 3.8) is 0 Å². The lowest BCUT2D eigenvalue weighted by atomic mass is 9.77. The van der Waals surface area contributed by atoms with Gasteiger partial charge in [-0.2, -0.15) is 0 Å². The van der Waals surface area contributed by atoms with Gasteiger partial charge in [-0.3, -0.25) is 19.8 Å². The summed E-state index contributed by atoms with van der Waals surface area (Å²) < 4.78 is 0. The topological polar surface area (TPSA) is 69.6 Å². The van der Waals surface area contributed by atoms with Gasteiger partial charge in [-0.15, -0.1) is 0 Å². The number of aliphatic hydroxyl groups excluding tert-OH is 1. The number of nitrogens with zero attached hydrogens (tertiary/aromatic N) is 1. The zero-order valence-electron chi connectivity index (χ0n) is 11.1. The summed E-state index contributed by atoms with van der Waals surface area (Å²) in [6.07, 6.45) is 4.06. The van der Waals surface area contributed by atoms with E-state index in [1.165, 1.54) is 11.9 Å². The van der Waals surface area contributed by atoms with Crippen LogP contribution in [0.3, 0.4) is 0 Å². The van der Waals surface area contributed by atoms with E-state index in [4.69, 9.17) is 0 Å². The predicted molar refractivity (Wildman–Crippen MR) is 66.8 cm³/mol. The molecule has 2 rings (SSSR count). The SMILES string of the molecule is CC1CCC(CO)(NC2CC(=O)N(C)C2=O)CC1. The first-order valence-electron chi connectivity index (χ1n) is 6.66. The molecule has 1 unspecified atom stereocenters. The van der Waals surface area contributed by atoms with E-state index in [1.54, 1.807) is 0 Å². The minimum absolute atomic E-state index is 0.0292. The molecular formula is C13H22N2O3. The Balaban J connectivity index is 2.03. The van der Waals surface area contributed by atoms with Crippen LogP contribution in [0.1, 0.15) is 39.0 Å². The van der Waals surface area contributed by atoms with Crippen LogP contribution in [0.15, 0.2) is 0 Å². The second-order valence-corrected chi connectivity index (χ2v) is 5.81. The number of likely N-dealkylation sites (N-methyl/N-ethyl adjacent to an activating group) is 1. The van der Waals surface area contributed by atoms with Gasteiger partial charge in [0.05, 0.1) is 19.1 Å². The Morgan fingerprint density at radius 1 is 1.39 bits per heavy atom. The summed E-state index contributed by atoms with van der Waals surface area (Å²) in [5, 5.41) is 12.9. The molecule has 0 radical (unpaired) electrons. The van der Waals surface area contributed by atoms with Crippen molar-refractivity contribution in [3.05, 3.63) is 0 Å². The Morgan fingerprint density at radius 2 is 2.00 bits per heavy atom. The number of likely N-dealkylation sites (tertiary alicyclic amines) is 1. The molecule has 0 bridgehead atoms. The van der Waals surface area contributed by atoms with Crippen molar-refractivity contribution < 1.29 is 14.7 Å². The summed E-state index contributed by atoms with van der Waals surface area (Å²) in [7, 11) is 1.51. The van der Waals surface area contributed by atoms with Gasteiger partial charge in [-0.05, 0) is 31.6 Å². The standard InChI is InChI=1S/C13H22N2O3/c1-9-3-5-13(8-16,6-4-9)14-10-7-11(17)15(2)12(10)18/h9-10,14,16H,3-8H2,1-2H3. The van der Waals surface area contributed by atoms with Crippen molar-refractivity contribution in [2.45, 2.75) is 50.6 Å². The van der Waals surface area contributed by atoms with Crippen LogP contribution in [-0.4, -0.2) is 47.1 Å². The Morgan fingerprint density at radius 3 is 2.44 bits per heavy atom. The Hall–Kier alpha value is -0.940. The smallest absolute Gasteiger partial charge is 0.246 e. The first kappa shape index (κ1) is 13.5. The normalized spacial score (nSPS) is 37.4. The second kappa shape index (κ2) is 4.97. The van der Waals surface area contributed by atoms with Crippen LogP contribution in [0.5, 0.6) is 0 Å². The molecule has 0 aromatic carbocycles. The molecule has 0 aromatic heterocycles. The summed E-state index contributed by atoms with van der Waals surface area (Å²) in [5.74, 6) is 0.358. The molecule has 0 aromatic rings. The highest BCUT2D eigenvalue weighted by Gasteiger charge is 2.42. The van der Waals surface area contributed by atoms with Crippen molar-refractivity contribution >= 4 is 11.8 Å². The van der Waals surface area contributed by atoms with Crippen LogP contribution in [0.2, 0.25) is 0 Å². The van der Waals surface area contributed by atoms with Crippen LogP contribution in [0.25, 0.3) is 0 Å². The first-order valence-corrected chi connectivity index (χ1v) is 6.66. The molecule has 2 fully saturated rings. The fourth-order valence-electron chi connectivity index (χ4n) is 2.90. The molecule has 5 nitrogen and oxygen atoms in total. The van der Waals surface area contributed by atoms with E-state index in [0.29, 0.717) is 5.92 Å². The van der Waals surface area contributed by atoms with E-state index in [-0.39, 0.29) is 30.4 Å². The molecule has 2 amide bonds. The number of aliphatic hydroxyl groups is 1. The molecule has 2 N–H and O–H groups in total. The van der Waals surface area contributed by atoms with E-state index in [1.807, 2.05) is 0 Å². The summed E-state index contributed by atoms with van der Waals surface area (Å²) in [6, 6.07) is -0.456. The monoisotopic (exact) mass is 254 g/mol. The number of carbonyl (C=O) groups excluding carboxylic acids is 2. The number of nitrogens with one attached hydrogen (secondary N) is 1. The number of imide groups is 1. The Bertz CT molecular complexity index is 348. The summed E-state index contributed by atoms with van der Waals surface area (Å²) in [4.78, 5) is 24.5. The van der Waals surface area contributed by atoms with Crippen LogP contribution in [-0.2, 0) is 9.59 Å². The number of amides is 2. The van der Waals surface area contributed by atoms with Crippen LogP contribution >= 0.6 is 0 Å². The molecule has 1 saturated heterocycles. The maximum Gasteiger partial charge on any atom is 0.246 e. The van der Waals surface area contributed by atoms with Crippen molar-refractivity contribution in [3.8, 4) is 0 Å². The predicted octanol–water partition coefficient (Wildman–Crippen LogP) is 0.274. The number of carbonyl (C=O) groups is 2. The van der Waals surface area contributed by atoms with Crippen LogP contribution < -0.4 is 5.32 Å². The lowest BCUT2D eigenvalue weighted by Gasteiger charge is -2.40. The summed E-state index contributed by atoms with van der Waals surface area (Å²) in [5.41, 5.74) is -0.377. The van der Waals surface area contributed by atoms with Crippen molar-refractivity contribution in [1.82, 2.24) is 10.2 Å². The highest BCUT2D eigenvalue weighted by molar-refractivity contribution is 6.05. The molecule has 1 saturated carbocycles.